The van der Waals surface area contributed by atoms with Gasteiger partial charge in [0.25, 0.3) is 0 Å². The SMILES string of the molecule is Cc1cncc(CNc2ccc(Cl)c(Br)c2)c1. The molecule has 0 saturated heterocycles. The zero-order chi connectivity index (χ0) is 12.3. The normalized spacial score (nSPS) is 10.3. The maximum atomic E-state index is 5.93. The molecule has 0 amide bonds. The second-order valence-electron chi connectivity index (χ2n) is 3.85. The van der Waals surface area contributed by atoms with E-state index >= 15 is 0 Å². The molecule has 88 valence electrons. The highest BCUT2D eigenvalue weighted by Gasteiger charge is 1.99. The van der Waals surface area contributed by atoms with Crippen molar-refractivity contribution in [2.45, 2.75) is 13.5 Å². The summed E-state index contributed by atoms with van der Waals surface area (Å²) in [6.45, 7) is 2.79. The van der Waals surface area contributed by atoms with Crippen LogP contribution in [-0.4, -0.2) is 4.98 Å². The van der Waals surface area contributed by atoms with Crippen LogP contribution < -0.4 is 5.32 Å². The molecular formula is C13H12BrClN2. The summed E-state index contributed by atoms with van der Waals surface area (Å²) in [5.41, 5.74) is 3.36. The molecule has 17 heavy (non-hydrogen) atoms. The number of nitrogens with zero attached hydrogens (tertiary/aromatic N) is 1. The van der Waals surface area contributed by atoms with Gasteiger partial charge >= 0.3 is 0 Å². The number of hydrogen-bond acceptors (Lipinski definition) is 2. The predicted octanol–water partition coefficient (Wildman–Crippen LogP) is 4.42. The average molecular weight is 312 g/mol. The highest BCUT2D eigenvalue weighted by atomic mass is 79.9. The highest BCUT2D eigenvalue weighted by molar-refractivity contribution is 9.10. The maximum absolute atomic E-state index is 5.93. The van der Waals surface area contributed by atoms with E-state index in [2.05, 4.69) is 32.3 Å². The Hall–Kier alpha value is -1.06. The Kier molecular flexibility index (Phi) is 4.02. The Bertz CT molecular complexity index is 529. The standard InChI is InChI=1S/C13H12BrClN2/c1-9-4-10(7-16-6-9)8-17-11-2-3-13(15)12(14)5-11/h2-7,17H,8H2,1H3. The molecule has 0 fully saturated rings. The summed E-state index contributed by atoms with van der Waals surface area (Å²) in [5.74, 6) is 0. The number of nitrogens with one attached hydrogen (secondary N) is 1. The zero-order valence-electron chi connectivity index (χ0n) is 9.37. The molecule has 0 atom stereocenters. The van der Waals surface area contributed by atoms with Crippen molar-refractivity contribution in [2.75, 3.05) is 5.32 Å². The second kappa shape index (κ2) is 5.52. The molecule has 2 aromatic rings. The number of aryl methyl sites for hydroxylation is 1. The van der Waals surface area contributed by atoms with Crippen molar-refractivity contribution in [1.29, 1.82) is 0 Å². The van der Waals surface area contributed by atoms with Gasteiger partial charge in [-0.05, 0) is 52.2 Å². The van der Waals surface area contributed by atoms with Crippen LogP contribution in [0.1, 0.15) is 11.1 Å². The third-order valence-electron chi connectivity index (χ3n) is 2.35. The first-order chi connectivity index (χ1) is 8.15. The molecule has 0 saturated carbocycles. The van der Waals surface area contributed by atoms with Gasteiger partial charge in [0.1, 0.15) is 0 Å². The van der Waals surface area contributed by atoms with Crippen LogP contribution in [-0.2, 0) is 6.54 Å². The van der Waals surface area contributed by atoms with E-state index in [-0.39, 0.29) is 0 Å². The number of aromatic nitrogens is 1. The van der Waals surface area contributed by atoms with Crippen LogP contribution in [0, 0.1) is 6.92 Å². The smallest absolute Gasteiger partial charge is 0.0549 e. The van der Waals surface area contributed by atoms with Gasteiger partial charge in [0.05, 0.1) is 5.02 Å². The van der Waals surface area contributed by atoms with Crippen molar-refractivity contribution < 1.29 is 0 Å². The lowest BCUT2D eigenvalue weighted by Gasteiger charge is -2.07. The number of pyridine rings is 1. The average Bonchev–Trinajstić information content (AvgIpc) is 2.31. The highest BCUT2D eigenvalue weighted by Crippen LogP contribution is 2.25. The Labute approximate surface area is 114 Å². The minimum absolute atomic E-state index is 0.716. The number of halogens is 2. The minimum atomic E-state index is 0.716. The fourth-order valence-corrected chi connectivity index (χ4v) is 2.02. The summed E-state index contributed by atoms with van der Waals surface area (Å²) in [4.78, 5) is 4.16. The van der Waals surface area contributed by atoms with Crippen LogP contribution in [0.4, 0.5) is 5.69 Å². The third-order valence-corrected chi connectivity index (χ3v) is 3.56. The van der Waals surface area contributed by atoms with Crippen molar-refractivity contribution in [3.63, 3.8) is 0 Å². The summed E-state index contributed by atoms with van der Waals surface area (Å²) in [6, 6.07) is 7.90. The summed E-state index contributed by atoms with van der Waals surface area (Å²) in [5, 5.41) is 4.04. The van der Waals surface area contributed by atoms with E-state index < -0.39 is 0 Å². The van der Waals surface area contributed by atoms with Gasteiger partial charge in [-0.1, -0.05) is 17.7 Å². The van der Waals surface area contributed by atoms with E-state index in [1.165, 1.54) is 5.56 Å². The Morgan fingerprint density at radius 1 is 1.29 bits per heavy atom. The molecule has 0 aliphatic heterocycles. The number of hydrogen-bond donors (Lipinski definition) is 1. The van der Waals surface area contributed by atoms with Gasteiger partial charge in [0.2, 0.25) is 0 Å². The van der Waals surface area contributed by atoms with E-state index in [4.69, 9.17) is 11.6 Å². The molecule has 0 unspecified atom stereocenters. The molecule has 1 heterocycles. The van der Waals surface area contributed by atoms with Crippen LogP contribution in [0.25, 0.3) is 0 Å². The van der Waals surface area contributed by atoms with Crippen molar-refractivity contribution in [1.82, 2.24) is 4.98 Å². The first-order valence-corrected chi connectivity index (χ1v) is 6.42. The van der Waals surface area contributed by atoms with Gasteiger partial charge < -0.3 is 5.32 Å². The topological polar surface area (TPSA) is 24.9 Å². The summed E-state index contributed by atoms with van der Waals surface area (Å²) in [7, 11) is 0. The molecule has 4 heteroatoms. The fraction of sp³-hybridized carbons (Fsp3) is 0.154. The lowest BCUT2D eigenvalue weighted by atomic mass is 10.2. The van der Waals surface area contributed by atoms with Crippen LogP contribution in [0.3, 0.4) is 0 Å². The van der Waals surface area contributed by atoms with E-state index in [0.717, 1.165) is 22.3 Å². The van der Waals surface area contributed by atoms with E-state index in [0.29, 0.717) is 5.02 Å². The summed E-state index contributed by atoms with van der Waals surface area (Å²) in [6.07, 6.45) is 3.72. The van der Waals surface area contributed by atoms with Crippen molar-refractivity contribution in [3.8, 4) is 0 Å². The molecule has 2 nitrogen and oxygen atoms in total. The van der Waals surface area contributed by atoms with E-state index in [9.17, 15) is 0 Å². The largest absolute Gasteiger partial charge is 0.381 e. The van der Waals surface area contributed by atoms with Crippen molar-refractivity contribution >= 4 is 33.2 Å². The van der Waals surface area contributed by atoms with Crippen molar-refractivity contribution in [3.05, 3.63) is 57.3 Å². The zero-order valence-corrected chi connectivity index (χ0v) is 11.7. The summed E-state index contributed by atoms with van der Waals surface area (Å²) >= 11 is 9.33. The van der Waals surface area contributed by atoms with Gasteiger partial charge in [-0.2, -0.15) is 0 Å². The van der Waals surface area contributed by atoms with Crippen LogP contribution in [0.2, 0.25) is 5.02 Å². The van der Waals surface area contributed by atoms with Gasteiger partial charge in [-0.25, -0.2) is 0 Å². The van der Waals surface area contributed by atoms with E-state index in [1.807, 2.05) is 37.5 Å². The number of benzene rings is 1. The molecular weight excluding hydrogens is 300 g/mol. The maximum Gasteiger partial charge on any atom is 0.0549 e. The van der Waals surface area contributed by atoms with Crippen LogP contribution in [0.15, 0.2) is 41.1 Å². The first kappa shape index (κ1) is 12.4. The van der Waals surface area contributed by atoms with Crippen molar-refractivity contribution in [2.24, 2.45) is 0 Å². The van der Waals surface area contributed by atoms with Crippen LogP contribution in [0.5, 0.6) is 0 Å². The number of anilines is 1. The van der Waals surface area contributed by atoms with Gasteiger partial charge in [0, 0.05) is 29.1 Å². The van der Waals surface area contributed by atoms with E-state index in [1.54, 1.807) is 0 Å². The Morgan fingerprint density at radius 3 is 2.82 bits per heavy atom. The molecule has 1 aromatic heterocycles. The van der Waals surface area contributed by atoms with Gasteiger partial charge in [-0.3, -0.25) is 4.98 Å². The molecule has 0 bridgehead atoms. The first-order valence-electron chi connectivity index (χ1n) is 5.24. The Balaban J connectivity index is 2.05. The molecule has 0 aliphatic rings. The fourth-order valence-electron chi connectivity index (χ4n) is 1.52. The lowest BCUT2D eigenvalue weighted by Crippen LogP contribution is -2.00. The van der Waals surface area contributed by atoms with Gasteiger partial charge in [0.15, 0.2) is 0 Å². The molecule has 2 rings (SSSR count). The van der Waals surface area contributed by atoms with Gasteiger partial charge in [-0.15, -0.1) is 0 Å². The Morgan fingerprint density at radius 2 is 2.12 bits per heavy atom. The third kappa shape index (κ3) is 3.45. The monoisotopic (exact) mass is 310 g/mol. The molecule has 0 aliphatic carbocycles. The summed E-state index contributed by atoms with van der Waals surface area (Å²) < 4.78 is 0.895. The predicted molar refractivity (Wildman–Crippen MR) is 75.5 cm³/mol. The molecule has 1 N–H and O–H groups in total. The van der Waals surface area contributed by atoms with Crippen LogP contribution >= 0.6 is 27.5 Å². The molecule has 1 aromatic carbocycles. The lowest BCUT2D eigenvalue weighted by molar-refractivity contribution is 1.10. The second-order valence-corrected chi connectivity index (χ2v) is 5.11. The molecule has 0 spiro atoms. The molecule has 0 radical (unpaired) electrons. The number of rotatable bonds is 3. The minimum Gasteiger partial charge on any atom is -0.381 e. The quantitative estimate of drug-likeness (QED) is 0.907.